The van der Waals surface area contributed by atoms with Crippen molar-refractivity contribution in [3.05, 3.63) is 65.9 Å². The smallest absolute Gasteiger partial charge is 0.245 e. The van der Waals surface area contributed by atoms with E-state index in [1.165, 1.54) is 18.7 Å². The second-order valence-corrected chi connectivity index (χ2v) is 10.2. The molecule has 1 saturated heterocycles. The predicted octanol–water partition coefficient (Wildman–Crippen LogP) is 3.95. The summed E-state index contributed by atoms with van der Waals surface area (Å²) in [7, 11) is 2.23. The van der Waals surface area contributed by atoms with Crippen molar-refractivity contribution in [2.75, 3.05) is 32.0 Å². The molecule has 2 atom stereocenters. The number of nitrogens with zero attached hydrogens (tertiary/aromatic N) is 5. The topological polar surface area (TPSA) is 100 Å². The number of carbonyl (C=O) groups excluding carboxylic acids is 1. The van der Waals surface area contributed by atoms with Gasteiger partial charge in [0, 0.05) is 49.7 Å². The molecule has 1 saturated carbocycles. The maximum absolute atomic E-state index is 11.9. The van der Waals surface area contributed by atoms with Crippen LogP contribution in [0.25, 0.3) is 5.57 Å². The van der Waals surface area contributed by atoms with Gasteiger partial charge in [-0.05, 0) is 69.7 Å². The normalized spacial score (nSPS) is 21.4. The SMILES string of the molecule is C=CC(=O)N1CCC(CN(C)[C@H]2CCC[C@@H](Nc3ncc(Cl)c(C(=CN)c4ccccn4)n3)C2)CC1. The Morgan fingerprint density at radius 3 is 2.78 bits per heavy atom. The van der Waals surface area contributed by atoms with Crippen LogP contribution in [-0.2, 0) is 4.79 Å². The number of nitrogens with two attached hydrogens (primary N) is 1. The van der Waals surface area contributed by atoms with Gasteiger partial charge in [0.1, 0.15) is 0 Å². The van der Waals surface area contributed by atoms with Crippen molar-refractivity contribution in [3.63, 3.8) is 0 Å². The highest BCUT2D eigenvalue weighted by atomic mass is 35.5. The molecule has 9 heteroatoms. The fourth-order valence-corrected chi connectivity index (χ4v) is 5.53. The standard InChI is InChI=1S/C27H36ClN7O/c1-3-25(36)35-13-10-19(11-14-35)18-34(2)21-8-6-7-20(15-21)32-27-31-17-23(28)26(33-27)22(16-29)24-9-4-5-12-30-24/h3-5,9,12,16-17,19-21H,1,6-8,10-11,13-15,18,29H2,2H3,(H,31,32,33)/t20-,21+/m1/s1. The number of hydrogen-bond donors (Lipinski definition) is 2. The lowest BCUT2D eigenvalue weighted by atomic mass is 9.88. The largest absolute Gasteiger partial charge is 0.404 e. The first kappa shape index (κ1) is 26.1. The lowest BCUT2D eigenvalue weighted by Crippen LogP contribution is -2.45. The van der Waals surface area contributed by atoms with Gasteiger partial charge in [-0.3, -0.25) is 9.78 Å². The van der Waals surface area contributed by atoms with Gasteiger partial charge in [-0.2, -0.15) is 0 Å². The van der Waals surface area contributed by atoms with Crippen molar-refractivity contribution in [2.24, 2.45) is 11.7 Å². The number of amides is 1. The minimum Gasteiger partial charge on any atom is -0.404 e. The summed E-state index contributed by atoms with van der Waals surface area (Å²) in [5, 5.41) is 3.98. The third-order valence-corrected chi connectivity index (χ3v) is 7.63. The van der Waals surface area contributed by atoms with E-state index in [1.807, 2.05) is 23.1 Å². The lowest BCUT2D eigenvalue weighted by Gasteiger charge is -2.39. The van der Waals surface area contributed by atoms with Crippen LogP contribution >= 0.6 is 11.6 Å². The van der Waals surface area contributed by atoms with Gasteiger partial charge in [-0.25, -0.2) is 9.97 Å². The third kappa shape index (κ3) is 6.42. The molecule has 2 aliphatic rings. The summed E-state index contributed by atoms with van der Waals surface area (Å²) in [5.74, 6) is 1.22. The van der Waals surface area contributed by atoms with Crippen LogP contribution in [0.4, 0.5) is 5.95 Å². The fourth-order valence-electron chi connectivity index (χ4n) is 5.33. The molecule has 1 aliphatic heterocycles. The summed E-state index contributed by atoms with van der Waals surface area (Å²) in [6, 6.07) is 6.43. The maximum atomic E-state index is 11.9. The summed E-state index contributed by atoms with van der Waals surface area (Å²) < 4.78 is 0. The van der Waals surface area contributed by atoms with Gasteiger partial charge in [0.15, 0.2) is 0 Å². The van der Waals surface area contributed by atoms with Crippen molar-refractivity contribution in [3.8, 4) is 0 Å². The zero-order valence-corrected chi connectivity index (χ0v) is 21.7. The van der Waals surface area contributed by atoms with Crippen LogP contribution in [0.3, 0.4) is 0 Å². The first-order chi connectivity index (χ1) is 17.5. The Bertz CT molecular complexity index is 1070. The predicted molar refractivity (Wildman–Crippen MR) is 144 cm³/mol. The molecule has 1 amide bonds. The first-order valence-corrected chi connectivity index (χ1v) is 13.1. The van der Waals surface area contributed by atoms with Gasteiger partial charge in [-0.1, -0.05) is 24.2 Å². The number of halogens is 1. The molecule has 2 fully saturated rings. The number of nitrogens with one attached hydrogen (secondary N) is 1. The van der Waals surface area contributed by atoms with Gasteiger partial charge in [0.25, 0.3) is 0 Å². The highest BCUT2D eigenvalue weighted by molar-refractivity contribution is 6.32. The van der Waals surface area contributed by atoms with Crippen LogP contribution in [0.15, 0.2) is 49.4 Å². The Balaban J connectivity index is 1.35. The van der Waals surface area contributed by atoms with Crippen LogP contribution in [0.2, 0.25) is 5.02 Å². The summed E-state index contributed by atoms with van der Waals surface area (Å²) in [6.45, 7) is 6.32. The molecule has 3 N–H and O–H groups in total. The van der Waals surface area contributed by atoms with Crippen molar-refractivity contribution in [2.45, 2.75) is 50.6 Å². The molecule has 192 valence electrons. The highest BCUT2D eigenvalue weighted by Crippen LogP contribution is 2.29. The minimum absolute atomic E-state index is 0.0460. The molecular weight excluding hydrogens is 474 g/mol. The number of rotatable bonds is 8. The number of likely N-dealkylation sites (tertiary alicyclic amines) is 1. The van der Waals surface area contributed by atoms with Crippen LogP contribution in [0.1, 0.15) is 49.9 Å². The van der Waals surface area contributed by atoms with E-state index in [2.05, 4.69) is 33.8 Å². The van der Waals surface area contributed by atoms with Crippen LogP contribution in [0, 0.1) is 5.92 Å². The van der Waals surface area contributed by atoms with E-state index in [0.717, 1.165) is 51.7 Å². The van der Waals surface area contributed by atoms with Crippen molar-refractivity contribution in [1.82, 2.24) is 24.8 Å². The molecule has 36 heavy (non-hydrogen) atoms. The Morgan fingerprint density at radius 2 is 2.08 bits per heavy atom. The molecule has 0 radical (unpaired) electrons. The van der Waals surface area contributed by atoms with Crippen molar-refractivity contribution >= 4 is 29.0 Å². The average molecular weight is 510 g/mol. The number of hydrogen-bond acceptors (Lipinski definition) is 7. The van der Waals surface area contributed by atoms with E-state index >= 15 is 0 Å². The Hall–Kier alpha value is -2.97. The Kier molecular flexibility index (Phi) is 8.93. The molecule has 0 unspecified atom stereocenters. The second-order valence-electron chi connectivity index (χ2n) is 9.76. The number of anilines is 1. The van der Waals surface area contributed by atoms with Crippen molar-refractivity contribution in [1.29, 1.82) is 0 Å². The van der Waals surface area contributed by atoms with E-state index in [9.17, 15) is 4.79 Å². The molecule has 0 spiro atoms. The number of carbonyl (C=O) groups is 1. The van der Waals surface area contributed by atoms with E-state index in [1.54, 1.807) is 12.4 Å². The lowest BCUT2D eigenvalue weighted by molar-refractivity contribution is -0.127. The van der Waals surface area contributed by atoms with Crippen LogP contribution in [0.5, 0.6) is 0 Å². The molecule has 1 aliphatic carbocycles. The van der Waals surface area contributed by atoms with Crippen LogP contribution in [-0.4, -0.2) is 69.4 Å². The molecule has 2 aromatic heterocycles. The summed E-state index contributed by atoms with van der Waals surface area (Å²) >= 11 is 6.44. The first-order valence-electron chi connectivity index (χ1n) is 12.7. The summed E-state index contributed by atoms with van der Waals surface area (Å²) in [6.07, 6.45) is 12.8. The fraction of sp³-hybridized carbons (Fsp3) is 0.481. The zero-order chi connectivity index (χ0) is 25.5. The minimum atomic E-state index is 0.0460. The van der Waals surface area contributed by atoms with Gasteiger partial charge in [-0.15, -0.1) is 0 Å². The maximum Gasteiger partial charge on any atom is 0.245 e. The Morgan fingerprint density at radius 1 is 1.28 bits per heavy atom. The number of aromatic nitrogens is 3. The summed E-state index contributed by atoms with van der Waals surface area (Å²) in [4.78, 5) is 29.8. The average Bonchev–Trinajstić information content (AvgIpc) is 2.91. The molecule has 8 nitrogen and oxygen atoms in total. The molecule has 0 aromatic carbocycles. The quantitative estimate of drug-likeness (QED) is 0.519. The van der Waals surface area contributed by atoms with Crippen LogP contribution < -0.4 is 11.1 Å². The van der Waals surface area contributed by atoms with Gasteiger partial charge in [0.2, 0.25) is 11.9 Å². The Labute approximate surface area is 218 Å². The monoisotopic (exact) mass is 509 g/mol. The number of piperidine rings is 1. The number of pyridine rings is 1. The zero-order valence-electron chi connectivity index (χ0n) is 20.9. The van der Waals surface area contributed by atoms with E-state index in [0.29, 0.717) is 39.9 Å². The van der Waals surface area contributed by atoms with Gasteiger partial charge in [0.05, 0.1) is 22.6 Å². The molecule has 2 aromatic rings. The third-order valence-electron chi connectivity index (χ3n) is 7.36. The van der Waals surface area contributed by atoms with Crippen molar-refractivity contribution < 1.29 is 4.79 Å². The summed E-state index contributed by atoms with van der Waals surface area (Å²) in [5.41, 5.74) is 7.89. The van der Waals surface area contributed by atoms with E-state index in [4.69, 9.17) is 22.3 Å². The molecular formula is C27H36ClN7O. The van der Waals surface area contributed by atoms with E-state index < -0.39 is 0 Å². The van der Waals surface area contributed by atoms with E-state index in [-0.39, 0.29) is 11.9 Å². The molecule has 3 heterocycles. The second kappa shape index (κ2) is 12.3. The highest BCUT2D eigenvalue weighted by Gasteiger charge is 2.29. The molecule has 0 bridgehead atoms. The van der Waals surface area contributed by atoms with Gasteiger partial charge < -0.3 is 20.9 Å². The molecule has 4 rings (SSSR count). The van der Waals surface area contributed by atoms with Gasteiger partial charge >= 0.3 is 0 Å².